The number of carbonyl (C=O) groups excluding carboxylic acids is 2. The van der Waals surface area contributed by atoms with Crippen LogP contribution in [0, 0.1) is 5.92 Å². The van der Waals surface area contributed by atoms with Crippen LogP contribution in [0.4, 0.5) is 0 Å². The molecule has 0 heterocycles. The normalized spacial score (nSPS) is 12.7. The van der Waals surface area contributed by atoms with Crippen LogP contribution in [0.25, 0.3) is 0 Å². The molecular formula is C41H80O5. The van der Waals surface area contributed by atoms with Gasteiger partial charge >= 0.3 is 11.9 Å². The predicted molar refractivity (Wildman–Crippen MR) is 196 cm³/mol. The van der Waals surface area contributed by atoms with Crippen molar-refractivity contribution in [3.05, 3.63) is 0 Å². The fourth-order valence-electron chi connectivity index (χ4n) is 6.12. The Morgan fingerprint density at radius 1 is 0.457 bits per heavy atom. The van der Waals surface area contributed by atoms with Crippen LogP contribution in [0.3, 0.4) is 0 Å². The molecule has 0 radical (unpaired) electrons. The van der Waals surface area contributed by atoms with Crippen molar-refractivity contribution >= 4 is 11.9 Å². The van der Waals surface area contributed by atoms with E-state index >= 15 is 0 Å². The van der Waals surface area contributed by atoms with E-state index in [2.05, 4.69) is 20.8 Å². The van der Waals surface area contributed by atoms with Gasteiger partial charge in [0.2, 0.25) is 0 Å². The number of rotatable bonds is 37. The number of carbonyl (C=O) groups is 2. The highest BCUT2D eigenvalue weighted by atomic mass is 16.6. The number of hydrogen-bond acceptors (Lipinski definition) is 5. The third kappa shape index (κ3) is 35.7. The zero-order chi connectivity index (χ0) is 33.8. The molecule has 1 unspecified atom stereocenters. The van der Waals surface area contributed by atoms with Gasteiger partial charge in [0.15, 0.2) is 0 Å². The fraction of sp³-hybridized carbons (Fsp3) is 0.951. The highest BCUT2D eigenvalue weighted by Gasteiger charge is 2.12. The average molecular weight is 653 g/mol. The second-order valence-corrected chi connectivity index (χ2v) is 14.4. The van der Waals surface area contributed by atoms with Gasteiger partial charge in [-0.3, -0.25) is 9.59 Å². The molecule has 0 spiro atoms. The molecule has 0 bridgehead atoms. The summed E-state index contributed by atoms with van der Waals surface area (Å²) in [5.41, 5.74) is 0. The lowest BCUT2D eigenvalue weighted by molar-refractivity contribution is -0.152. The van der Waals surface area contributed by atoms with Crippen molar-refractivity contribution in [1.29, 1.82) is 0 Å². The van der Waals surface area contributed by atoms with Gasteiger partial charge in [0.05, 0.1) is 0 Å². The first kappa shape index (κ1) is 44.9. The molecule has 0 aliphatic carbocycles. The molecule has 0 aromatic carbocycles. The predicted octanol–water partition coefficient (Wildman–Crippen LogP) is 12.6. The molecule has 0 amide bonds. The number of unbranched alkanes of at least 4 members (excludes halogenated alkanes) is 26. The molecule has 274 valence electrons. The lowest BCUT2D eigenvalue weighted by Gasteiger charge is -2.12. The quantitative estimate of drug-likeness (QED) is 0.0534. The van der Waals surface area contributed by atoms with Crippen LogP contribution in [0.15, 0.2) is 0 Å². The summed E-state index contributed by atoms with van der Waals surface area (Å²) in [4.78, 5) is 23.9. The van der Waals surface area contributed by atoms with Crippen molar-refractivity contribution in [3.63, 3.8) is 0 Å². The molecule has 0 aromatic heterocycles. The van der Waals surface area contributed by atoms with Gasteiger partial charge < -0.3 is 14.6 Å². The van der Waals surface area contributed by atoms with Crippen molar-refractivity contribution in [2.24, 2.45) is 5.92 Å². The van der Waals surface area contributed by atoms with E-state index in [1.165, 1.54) is 167 Å². The van der Waals surface area contributed by atoms with E-state index in [4.69, 9.17) is 9.47 Å². The van der Waals surface area contributed by atoms with Crippen LogP contribution in [-0.2, 0) is 19.1 Å². The topological polar surface area (TPSA) is 72.8 Å². The van der Waals surface area contributed by atoms with Gasteiger partial charge in [0, 0.05) is 12.8 Å². The Hall–Kier alpha value is -1.10. The molecule has 0 aromatic rings. The molecule has 5 heteroatoms. The Bertz CT molecular complexity index is 636. The minimum Gasteiger partial charge on any atom is -0.463 e. The Labute approximate surface area is 287 Å². The first-order valence-electron chi connectivity index (χ1n) is 20.5. The van der Waals surface area contributed by atoms with Gasteiger partial charge in [-0.25, -0.2) is 0 Å². The van der Waals surface area contributed by atoms with Gasteiger partial charge in [-0.1, -0.05) is 201 Å². The Balaban J connectivity index is 3.38. The summed E-state index contributed by atoms with van der Waals surface area (Å²) < 4.78 is 10.3. The van der Waals surface area contributed by atoms with Crippen molar-refractivity contribution in [2.75, 3.05) is 13.2 Å². The summed E-state index contributed by atoms with van der Waals surface area (Å²) in [5, 5.41) is 10.0. The van der Waals surface area contributed by atoms with Crippen molar-refractivity contribution < 1.29 is 24.2 Å². The van der Waals surface area contributed by atoms with Crippen molar-refractivity contribution in [2.45, 2.75) is 232 Å². The second kappa shape index (κ2) is 36.7. The fourth-order valence-corrected chi connectivity index (χ4v) is 6.12. The molecule has 0 saturated carbocycles. The number of hydrogen-bond donors (Lipinski definition) is 1. The molecule has 0 rings (SSSR count). The maximum absolute atomic E-state index is 12.0. The Morgan fingerprint density at radius 3 is 1.04 bits per heavy atom. The molecule has 0 aliphatic heterocycles. The SMILES string of the molecule is CCCCCCCCCCCCCCCCCCCCC(=O)OC[C@H](O)COC(=O)CCCCCCCCCCCCC(C)CC. The lowest BCUT2D eigenvalue weighted by atomic mass is 9.99. The van der Waals surface area contributed by atoms with E-state index < -0.39 is 6.10 Å². The Kier molecular flexibility index (Phi) is 35.9. The van der Waals surface area contributed by atoms with Gasteiger partial charge in [-0.2, -0.15) is 0 Å². The first-order valence-corrected chi connectivity index (χ1v) is 20.5. The van der Waals surface area contributed by atoms with Gasteiger partial charge in [0.1, 0.15) is 19.3 Å². The molecule has 0 saturated heterocycles. The zero-order valence-electron chi connectivity index (χ0n) is 31.3. The zero-order valence-corrected chi connectivity index (χ0v) is 31.3. The lowest BCUT2D eigenvalue weighted by Crippen LogP contribution is -2.25. The number of esters is 2. The maximum Gasteiger partial charge on any atom is 0.305 e. The molecule has 5 nitrogen and oxygen atoms in total. The van der Waals surface area contributed by atoms with Crippen LogP contribution in [0.1, 0.15) is 226 Å². The van der Waals surface area contributed by atoms with Gasteiger partial charge in [-0.05, 0) is 18.8 Å². The summed E-state index contributed by atoms with van der Waals surface area (Å²) in [6.45, 7) is 6.70. The van der Waals surface area contributed by atoms with E-state index in [1.54, 1.807) is 0 Å². The van der Waals surface area contributed by atoms with E-state index in [0.717, 1.165) is 31.6 Å². The molecule has 46 heavy (non-hydrogen) atoms. The van der Waals surface area contributed by atoms with E-state index in [9.17, 15) is 14.7 Å². The van der Waals surface area contributed by atoms with Crippen LogP contribution in [-0.4, -0.2) is 36.4 Å². The standard InChI is InChI=1S/C41H80O5/c1-4-6-7-8-9-10-11-12-13-14-15-16-17-18-22-25-28-31-34-40(43)45-36-39(42)37-46-41(44)35-32-29-26-23-20-19-21-24-27-30-33-38(3)5-2/h38-39,42H,4-37H2,1-3H3/t38?,39-/m0/s1. The smallest absolute Gasteiger partial charge is 0.305 e. The molecular weight excluding hydrogens is 572 g/mol. The summed E-state index contributed by atoms with van der Waals surface area (Å²) in [6, 6.07) is 0. The van der Waals surface area contributed by atoms with E-state index in [0.29, 0.717) is 12.8 Å². The number of ether oxygens (including phenoxy) is 2. The summed E-state index contributed by atoms with van der Waals surface area (Å²) >= 11 is 0. The second-order valence-electron chi connectivity index (χ2n) is 14.4. The third-order valence-corrected chi connectivity index (χ3v) is 9.63. The summed E-state index contributed by atoms with van der Waals surface area (Å²) in [5.74, 6) is 0.329. The largest absolute Gasteiger partial charge is 0.463 e. The maximum atomic E-state index is 12.0. The van der Waals surface area contributed by atoms with E-state index in [1.807, 2.05) is 0 Å². The Morgan fingerprint density at radius 2 is 0.739 bits per heavy atom. The minimum absolute atomic E-state index is 0.108. The third-order valence-electron chi connectivity index (χ3n) is 9.63. The molecule has 2 atom stereocenters. The van der Waals surface area contributed by atoms with Crippen molar-refractivity contribution in [3.8, 4) is 0 Å². The summed E-state index contributed by atoms with van der Waals surface area (Å²) in [6.07, 6.45) is 38.7. The average Bonchev–Trinajstić information content (AvgIpc) is 3.06. The van der Waals surface area contributed by atoms with Crippen LogP contribution in [0.2, 0.25) is 0 Å². The molecule has 0 fully saturated rings. The highest BCUT2D eigenvalue weighted by molar-refractivity contribution is 5.69. The first-order chi connectivity index (χ1) is 22.5. The summed E-state index contributed by atoms with van der Waals surface area (Å²) in [7, 11) is 0. The van der Waals surface area contributed by atoms with Gasteiger partial charge in [0.25, 0.3) is 0 Å². The van der Waals surface area contributed by atoms with Gasteiger partial charge in [-0.15, -0.1) is 0 Å². The van der Waals surface area contributed by atoms with E-state index in [-0.39, 0.29) is 25.2 Å². The van der Waals surface area contributed by atoms with Crippen LogP contribution < -0.4 is 0 Å². The van der Waals surface area contributed by atoms with Crippen LogP contribution in [0.5, 0.6) is 0 Å². The minimum atomic E-state index is -0.955. The van der Waals surface area contributed by atoms with Crippen molar-refractivity contribution in [1.82, 2.24) is 0 Å². The number of aliphatic hydroxyl groups excluding tert-OH is 1. The monoisotopic (exact) mass is 653 g/mol. The molecule has 0 aliphatic rings. The number of aliphatic hydroxyl groups is 1. The molecule has 1 N–H and O–H groups in total. The highest BCUT2D eigenvalue weighted by Crippen LogP contribution is 2.17. The van der Waals surface area contributed by atoms with Crippen LogP contribution >= 0.6 is 0 Å².